The maximum absolute atomic E-state index is 11.9. The monoisotopic (exact) mass is 452 g/mol. The van der Waals surface area contributed by atoms with E-state index < -0.39 is 44.0 Å². The summed E-state index contributed by atoms with van der Waals surface area (Å²) in [5.41, 5.74) is 0. The Bertz CT molecular complexity index is 689. The van der Waals surface area contributed by atoms with Crippen LogP contribution in [0, 0.1) is 11.8 Å². The molecule has 5 unspecified atom stereocenters. The summed E-state index contributed by atoms with van der Waals surface area (Å²) in [5, 5.41) is 8.74. The lowest BCUT2D eigenvalue weighted by Crippen LogP contribution is -2.47. The van der Waals surface area contributed by atoms with E-state index in [2.05, 4.69) is 0 Å². The predicted octanol–water partition coefficient (Wildman–Crippen LogP) is 4.41. The molecule has 0 heterocycles. The van der Waals surface area contributed by atoms with Gasteiger partial charge in [0.15, 0.2) is 4.33 Å². The molecule has 0 aromatic carbocycles. The van der Waals surface area contributed by atoms with E-state index in [-0.39, 0.29) is 22.9 Å². The lowest BCUT2D eigenvalue weighted by atomic mass is 9.83. The highest BCUT2D eigenvalue weighted by molar-refractivity contribution is 6.65. The fourth-order valence-corrected chi connectivity index (χ4v) is 6.64. The zero-order valence-corrected chi connectivity index (χ0v) is 16.3. The summed E-state index contributed by atoms with van der Waals surface area (Å²) in [6.45, 7) is 0. The van der Waals surface area contributed by atoms with Crippen LogP contribution in [0.1, 0.15) is 12.8 Å². The number of hydrogen-bond donors (Lipinski definition) is 1. The van der Waals surface area contributed by atoms with Crippen LogP contribution in [-0.4, -0.2) is 37.2 Å². The van der Waals surface area contributed by atoms with Gasteiger partial charge in [0.2, 0.25) is 0 Å². The molecule has 3 aliphatic carbocycles. The Labute approximate surface area is 167 Å². The Balaban J connectivity index is 1.89. The molecule has 4 nitrogen and oxygen atoms in total. The molecule has 0 aromatic rings. The Morgan fingerprint density at radius 1 is 1.04 bits per heavy atom. The van der Waals surface area contributed by atoms with Crippen molar-refractivity contribution >= 4 is 81.5 Å². The van der Waals surface area contributed by atoms with Gasteiger partial charge in [-0.05, 0) is 6.08 Å². The van der Waals surface area contributed by atoms with Crippen LogP contribution >= 0.6 is 69.6 Å². The highest BCUT2D eigenvalue weighted by Gasteiger charge is 2.83. The number of alkyl halides is 4. The van der Waals surface area contributed by atoms with Gasteiger partial charge in [0.25, 0.3) is 0 Å². The van der Waals surface area contributed by atoms with Crippen molar-refractivity contribution in [3.8, 4) is 0 Å². The molecule has 0 amide bonds. The topological polar surface area (TPSA) is 63.6 Å². The molecular formula is C14H10Cl6O4. The molecule has 1 N–H and O–H groups in total. The Morgan fingerprint density at radius 2 is 1.62 bits per heavy atom. The second kappa shape index (κ2) is 5.83. The van der Waals surface area contributed by atoms with E-state index in [1.165, 1.54) is 0 Å². The minimum Gasteiger partial charge on any atom is -0.481 e. The summed E-state index contributed by atoms with van der Waals surface area (Å²) in [6.07, 6.45) is 1.92. The van der Waals surface area contributed by atoms with Gasteiger partial charge in [-0.3, -0.25) is 9.59 Å². The van der Waals surface area contributed by atoms with Gasteiger partial charge in [0, 0.05) is 11.8 Å². The second-order valence-corrected chi connectivity index (χ2v) is 9.19. The quantitative estimate of drug-likeness (QED) is 0.388. The average molecular weight is 455 g/mol. The highest BCUT2D eigenvalue weighted by atomic mass is 35.5. The van der Waals surface area contributed by atoms with Gasteiger partial charge in [0.1, 0.15) is 15.9 Å². The number of fused-ring (bicyclic) bond motifs is 5. The molecule has 132 valence electrons. The van der Waals surface area contributed by atoms with Crippen LogP contribution < -0.4 is 0 Å². The van der Waals surface area contributed by atoms with Gasteiger partial charge >= 0.3 is 11.9 Å². The standard InChI is InChI=1S/C14H10Cl6O4/c15-10-11(16)13(18)9-5(12(10,17)14(13,19)20)1-2-6(9)24-8(23)4-3-7(21)22/h1-2,5-6,9H,3-4H2,(H,21,22). The van der Waals surface area contributed by atoms with Crippen molar-refractivity contribution < 1.29 is 19.4 Å². The minimum atomic E-state index is -1.71. The number of carbonyl (C=O) groups is 2. The molecule has 2 bridgehead atoms. The number of aliphatic carboxylic acids is 1. The summed E-state index contributed by atoms with van der Waals surface area (Å²) in [4.78, 5) is 19.5. The zero-order chi connectivity index (χ0) is 18.1. The third-order valence-corrected chi connectivity index (χ3v) is 9.02. The van der Waals surface area contributed by atoms with Gasteiger partial charge in [-0.1, -0.05) is 52.5 Å². The Hall–Kier alpha value is 0.160. The minimum absolute atomic E-state index is 0.0300. The Kier molecular flexibility index (Phi) is 4.60. The van der Waals surface area contributed by atoms with Crippen LogP contribution in [0.15, 0.2) is 22.2 Å². The third kappa shape index (κ3) is 2.14. The Morgan fingerprint density at radius 3 is 2.21 bits per heavy atom. The first-order chi connectivity index (χ1) is 11.0. The van der Waals surface area contributed by atoms with E-state index in [0.717, 1.165) is 0 Å². The van der Waals surface area contributed by atoms with Crippen LogP contribution in [0.4, 0.5) is 0 Å². The molecule has 0 radical (unpaired) electrons. The SMILES string of the molecule is O=C(O)CCC(=O)OC1C=CC2C1C1(Cl)C(Cl)=C(Cl)C2(Cl)C1(Cl)Cl. The molecular weight excluding hydrogens is 445 g/mol. The van der Waals surface area contributed by atoms with Crippen molar-refractivity contribution in [2.24, 2.45) is 11.8 Å². The number of esters is 1. The highest BCUT2D eigenvalue weighted by Crippen LogP contribution is 2.78. The number of ether oxygens (including phenoxy) is 1. The lowest BCUT2D eigenvalue weighted by molar-refractivity contribution is -0.152. The largest absolute Gasteiger partial charge is 0.481 e. The van der Waals surface area contributed by atoms with Crippen molar-refractivity contribution in [1.82, 2.24) is 0 Å². The smallest absolute Gasteiger partial charge is 0.306 e. The molecule has 0 aliphatic heterocycles. The van der Waals surface area contributed by atoms with E-state index in [1.54, 1.807) is 12.2 Å². The summed E-state index contributed by atoms with van der Waals surface area (Å²) >= 11 is 38.7. The molecule has 5 atom stereocenters. The second-order valence-electron chi connectivity index (χ2n) is 5.91. The van der Waals surface area contributed by atoms with E-state index in [4.69, 9.17) is 79.4 Å². The average Bonchev–Trinajstić information content (AvgIpc) is 3.00. The number of carbonyl (C=O) groups excluding carboxylic acids is 1. The normalized spacial score (nSPS) is 41.7. The first-order valence-corrected chi connectivity index (χ1v) is 9.17. The summed E-state index contributed by atoms with van der Waals surface area (Å²) in [5.74, 6) is -2.88. The molecule has 0 spiro atoms. The van der Waals surface area contributed by atoms with Crippen LogP contribution in [0.25, 0.3) is 0 Å². The maximum atomic E-state index is 11.9. The predicted molar refractivity (Wildman–Crippen MR) is 93.2 cm³/mol. The van der Waals surface area contributed by atoms with Gasteiger partial charge in [-0.2, -0.15) is 0 Å². The van der Waals surface area contributed by atoms with Crippen LogP contribution in [-0.2, 0) is 14.3 Å². The molecule has 3 rings (SSSR count). The molecule has 0 aromatic heterocycles. The number of rotatable bonds is 4. The number of allylic oxidation sites excluding steroid dienone is 3. The van der Waals surface area contributed by atoms with E-state index in [1.807, 2.05) is 0 Å². The van der Waals surface area contributed by atoms with Gasteiger partial charge in [-0.15, -0.1) is 23.2 Å². The fraction of sp³-hybridized carbons (Fsp3) is 0.571. The molecule has 1 fully saturated rings. The summed E-state index contributed by atoms with van der Waals surface area (Å²) in [7, 11) is 0. The van der Waals surface area contributed by atoms with Crippen molar-refractivity contribution in [3.05, 3.63) is 22.2 Å². The maximum Gasteiger partial charge on any atom is 0.306 e. The number of halogens is 6. The lowest BCUT2D eigenvalue weighted by Gasteiger charge is -2.35. The van der Waals surface area contributed by atoms with Crippen molar-refractivity contribution in [2.75, 3.05) is 0 Å². The summed E-state index contributed by atoms with van der Waals surface area (Å²) in [6, 6.07) is 0. The molecule has 3 aliphatic rings. The van der Waals surface area contributed by atoms with Crippen molar-refractivity contribution in [1.29, 1.82) is 0 Å². The molecule has 0 saturated heterocycles. The van der Waals surface area contributed by atoms with E-state index >= 15 is 0 Å². The first-order valence-electron chi connectivity index (χ1n) is 6.91. The number of hydrogen-bond acceptors (Lipinski definition) is 3. The van der Waals surface area contributed by atoms with Crippen LogP contribution in [0.2, 0.25) is 0 Å². The zero-order valence-electron chi connectivity index (χ0n) is 11.7. The van der Waals surface area contributed by atoms with Crippen LogP contribution in [0.3, 0.4) is 0 Å². The molecule has 1 saturated carbocycles. The summed E-state index contributed by atoms with van der Waals surface area (Å²) < 4.78 is 3.64. The van der Waals surface area contributed by atoms with E-state index in [0.29, 0.717) is 0 Å². The fourth-order valence-electron chi connectivity index (χ4n) is 3.63. The number of carboxylic acids is 1. The van der Waals surface area contributed by atoms with Crippen molar-refractivity contribution in [2.45, 2.75) is 33.0 Å². The molecule has 24 heavy (non-hydrogen) atoms. The molecule has 10 heteroatoms. The third-order valence-electron chi connectivity index (χ3n) is 4.72. The van der Waals surface area contributed by atoms with Crippen molar-refractivity contribution in [3.63, 3.8) is 0 Å². The number of carboxylic acid groups (broad SMARTS) is 1. The first kappa shape index (κ1) is 18.9. The van der Waals surface area contributed by atoms with Gasteiger partial charge in [-0.25, -0.2) is 0 Å². The van der Waals surface area contributed by atoms with Gasteiger partial charge < -0.3 is 9.84 Å². The van der Waals surface area contributed by atoms with E-state index in [9.17, 15) is 9.59 Å². The van der Waals surface area contributed by atoms with Gasteiger partial charge in [0.05, 0.1) is 22.9 Å². The van der Waals surface area contributed by atoms with Crippen LogP contribution in [0.5, 0.6) is 0 Å².